The van der Waals surface area contributed by atoms with E-state index in [0.717, 1.165) is 11.1 Å². The van der Waals surface area contributed by atoms with Gasteiger partial charge in [-0.05, 0) is 36.5 Å². The Hall–Kier alpha value is -3.33. The first-order valence-corrected chi connectivity index (χ1v) is 11.7. The summed E-state index contributed by atoms with van der Waals surface area (Å²) < 4.78 is 10.7. The molecule has 0 bridgehead atoms. The lowest BCUT2D eigenvalue weighted by atomic mass is 10.0. The minimum atomic E-state index is -0.999. The molecule has 1 unspecified atom stereocenters. The van der Waals surface area contributed by atoms with E-state index in [1.165, 1.54) is 19.1 Å². The molecule has 3 aromatic rings. The summed E-state index contributed by atoms with van der Waals surface area (Å²) in [6, 6.07) is 18.2. The van der Waals surface area contributed by atoms with Crippen LogP contribution < -0.4 is 25.0 Å². The number of methoxy groups -OCH3 is 2. The molecule has 1 amide bonds. The van der Waals surface area contributed by atoms with Crippen LogP contribution in [0.3, 0.4) is 0 Å². The van der Waals surface area contributed by atoms with Crippen molar-refractivity contribution in [3.63, 3.8) is 0 Å². The van der Waals surface area contributed by atoms with Crippen LogP contribution in [0.25, 0.3) is 0 Å². The van der Waals surface area contributed by atoms with Gasteiger partial charge in [0.15, 0.2) is 5.11 Å². The normalized spacial score (nSPS) is 15.0. The molecule has 2 N–H and O–H groups in total. The van der Waals surface area contributed by atoms with E-state index in [4.69, 9.17) is 49.9 Å². The van der Waals surface area contributed by atoms with E-state index in [-0.39, 0.29) is 11.0 Å². The van der Waals surface area contributed by atoms with Crippen molar-refractivity contribution in [2.75, 3.05) is 31.5 Å². The molecule has 7 nitrogen and oxygen atoms in total. The van der Waals surface area contributed by atoms with Gasteiger partial charge in [0.05, 0.1) is 36.3 Å². The molecule has 0 saturated heterocycles. The van der Waals surface area contributed by atoms with Crippen LogP contribution in [0.4, 0.5) is 11.4 Å². The fourth-order valence-electron chi connectivity index (χ4n) is 3.71. The van der Waals surface area contributed by atoms with Gasteiger partial charge in [-0.25, -0.2) is 4.99 Å². The predicted molar refractivity (Wildman–Crippen MR) is 145 cm³/mol. The van der Waals surface area contributed by atoms with Crippen molar-refractivity contribution in [2.24, 2.45) is 4.99 Å². The number of amides is 1. The molecular formula is C25H22Cl2N4O3S. The van der Waals surface area contributed by atoms with Gasteiger partial charge in [0.2, 0.25) is 6.17 Å². The van der Waals surface area contributed by atoms with Gasteiger partial charge in [-0.2, -0.15) is 0 Å². The topological polar surface area (TPSA) is 75.2 Å². The first-order chi connectivity index (χ1) is 16.8. The number of likely N-dealkylation sites (N-methyl/N-ethyl adjacent to an activating group) is 1. The highest BCUT2D eigenvalue weighted by molar-refractivity contribution is 7.80. The summed E-state index contributed by atoms with van der Waals surface area (Å²) in [6.07, 6.45) is -0.999. The quantitative estimate of drug-likeness (QED) is 0.446. The monoisotopic (exact) mass is 528 g/mol. The van der Waals surface area contributed by atoms with E-state index in [2.05, 4.69) is 10.6 Å². The number of nitrogens with one attached hydrogen (secondary N) is 2. The number of carbonyl (C=O) groups excluding carboxylic acids is 1. The molecule has 1 aliphatic rings. The smallest absolute Gasteiger partial charge is 0.272 e. The van der Waals surface area contributed by atoms with Crippen LogP contribution in [0.15, 0.2) is 65.7 Å². The van der Waals surface area contributed by atoms with Gasteiger partial charge in [-0.15, -0.1) is 0 Å². The highest BCUT2D eigenvalue weighted by Gasteiger charge is 2.30. The van der Waals surface area contributed by atoms with Gasteiger partial charge >= 0.3 is 0 Å². The highest BCUT2D eigenvalue weighted by Crippen LogP contribution is 2.36. The van der Waals surface area contributed by atoms with Gasteiger partial charge in [0.25, 0.3) is 5.91 Å². The summed E-state index contributed by atoms with van der Waals surface area (Å²) in [5, 5.41) is 7.13. The van der Waals surface area contributed by atoms with E-state index in [1.807, 2.05) is 30.3 Å². The van der Waals surface area contributed by atoms with Crippen molar-refractivity contribution in [1.29, 1.82) is 0 Å². The van der Waals surface area contributed by atoms with Crippen molar-refractivity contribution in [3.8, 4) is 11.5 Å². The number of hydrogen-bond donors (Lipinski definition) is 2. The maximum absolute atomic E-state index is 13.4. The number of fused-ring (bicyclic) bond motifs is 1. The van der Waals surface area contributed by atoms with Crippen LogP contribution in [-0.2, 0) is 4.79 Å². The molecule has 0 radical (unpaired) electrons. The van der Waals surface area contributed by atoms with Gasteiger partial charge < -0.3 is 25.0 Å². The van der Waals surface area contributed by atoms with Crippen LogP contribution in [0.5, 0.6) is 11.5 Å². The lowest BCUT2D eigenvalue weighted by Gasteiger charge is -2.22. The lowest BCUT2D eigenvalue weighted by Crippen LogP contribution is -2.47. The molecule has 0 saturated carbocycles. The first kappa shape index (κ1) is 24.8. The molecule has 0 aliphatic carbocycles. The molecule has 1 aliphatic heterocycles. The second kappa shape index (κ2) is 10.5. The van der Waals surface area contributed by atoms with Crippen molar-refractivity contribution >= 4 is 63.5 Å². The SMILES string of the molecule is COc1cc(OC)c(NC(=S)NC2N=C(c3ccccc3)c3cc(Cl)ccc3N(C)C2=O)cc1Cl. The summed E-state index contributed by atoms with van der Waals surface area (Å²) in [5.74, 6) is 0.639. The number of thiocarbonyl (C=S) groups is 1. The Bertz CT molecular complexity index is 1320. The Morgan fingerprint density at radius 3 is 2.43 bits per heavy atom. The highest BCUT2D eigenvalue weighted by atomic mass is 35.5. The zero-order valence-corrected chi connectivity index (χ0v) is 21.5. The van der Waals surface area contributed by atoms with Crippen LogP contribution in [0.1, 0.15) is 11.1 Å². The largest absolute Gasteiger partial charge is 0.495 e. The molecule has 0 spiro atoms. The summed E-state index contributed by atoms with van der Waals surface area (Å²) in [7, 11) is 4.73. The molecule has 0 fully saturated rings. The molecule has 1 heterocycles. The number of anilines is 2. The Morgan fingerprint density at radius 2 is 1.74 bits per heavy atom. The number of halogens is 2. The average molecular weight is 529 g/mol. The second-order valence-corrected chi connectivity index (χ2v) is 8.84. The summed E-state index contributed by atoms with van der Waals surface area (Å²) >= 11 is 18.1. The van der Waals surface area contributed by atoms with E-state index in [0.29, 0.717) is 38.6 Å². The Morgan fingerprint density at radius 1 is 1.03 bits per heavy atom. The number of ether oxygens (including phenoxy) is 2. The van der Waals surface area contributed by atoms with E-state index in [1.54, 1.807) is 37.4 Å². The third kappa shape index (κ3) is 5.19. The second-order valence-electron chi connectivity index (χ2n) is 7.59. The minimum Gasteiger partial charge on any atom is -0.495 e. The van der Waals surface area contributed by atoms with Crippen LogP contribution >= 0.6 is 35.4 Å². The van der Waals surface area contributed by atoms with E-state index < -0.39 is 6.17 Å². The number of carbonyl (C=O) groups is 1. The molecular weight excluding hydrogens is 507 g/mol. The van der Waals surface area contributed by atoms with Crippen LogP contribution in [0.2, 0.25) is 10.0 Å². The van der Waals surface area contributed by atoms with Gasteiger partial charge in [-0.3, -0.25) is 4.79 Å². The number of rotatable bonds is 5. The molecule has 10 heteroatoms. The van der Waals surface area contributed by atoms with Crippen molar-refractivity contribution in [2.45, 2.75) is 6.17 Å². The average Bonchev–Trinajstić information content (AvgIpc) is 2.95. The molecule has 4 rings (SSSR count). The number of nitrogens with zero attached hydrogens (tertiary/aromatic N) is 2. The number of aliphatic imine (C=N–C) groups is 1. The van der Waals surface area contributed by atoms with Crippen LogP contribution in [-0.4, -0.2) is 44.2 Å². The van der Waals surface area contributed by atoms with E-state index >= 15 is 0 Å². The zero-order chi connectivity index (χ0) is 25.1. The molecule has 1 atom stereocenters. The van der Waals surface area contributed by atoms with Gasteiger partial charge in [0, 0.05) is 29.3 Å². The van der Waals surface area contributed by atoms with Gasteiger partial charge in [0.1, 0.15) is 11.5 Å². The summed E-state index contributed by atoms with van der Waals surface area (Å²) in [5.41, 5.74) is 3.40. The molecule has 0 aromatic heterocycles. The maximum atomic E-state index is 13.4. The van der Waals surface area contributed by atoms with Gasteiger partial charge in [-0.1, -0.05) is 53.5 Å². The molecule has 35 heavy (non-hydrogen) atoms. The lowest BCUT2D eigenvalue weighted by molar-refractivity contribution is -0.119. The van der Waals surface area contributed by atoms with Crippen molar-refractivity contribution in [3.05, 3.63) is 81.8 Å². The summed E-state index contributed by atoms with van der Waals surface area (Å²) in [6.45, 7) is 0. The summed E-state index contributed by atoms with van der Waals surface area (Å²) in [4.78, 5) is 19.7. The Kier molecular flexibility index (Phi) is 7.45. The van der Waals surface area contributed by atoms with Crippen molar-refractivity contribution < 1.29 is 14.3 Å². The fourth-order valence-corrected chi connectivity index (χ4v) is 4.34. The fraction of sp³-hybridized carbons (Fsp3) is 0.160. The number of benzodiazepines with no additional fused rings is 1. The molecule has 180 valence electrons. The standard InChI is InChI=1S/C25H22Cl2N4O3S/c1-31-19-10-9-15(26)11-16(19)22(14-7-5-4-6-8-14)29-23(24(31)32)30-25(35)28-18-12-17(27)20(33-2)13-21(18)34-3/h4-13,23H,1-3H3,(H2,28,30,35). The third-order valence-electron chi connectivity index (χ3n) is 5.43. The molecule has 3 aromatic carbocycles. The minimum absolute atomic E-state index is 0.163. The zero-order valence-electron chi connectivity index (χ0n) is 19.1. The number of benzene rings is 3. The Labute approximate surface area is 218 Å². The van der Waals surface area contributed by atoms with E-state index in [9.17, 15) is 4.79 Å². The maximum Gasteiger partial charge on any atom is 0.272 e. The Balaban J connectivity index is 1.69. The third-order valence-corrected chi connectivity index (χ3v) is 6.19. The van der Waals surface area contributed by atoms with Crippen molar-refractivity contribution in [1.82, 2.24) is 5.32 Å². The predicted octanol–water partition coefficient (Wildman–Crippen LogP) is 5.14. The van der Waals surface area contributed by atoms with Crippen LogP contribution in [0, 0.1) is 0 Å². The first-order valence-electron chi connectivity index (χ1n) is 10.5. The number of hydrogen-bond acceptors (Lipinski definition) is 5.